The van der Waals surface area contributed by atoms with Gasteiger partial charge in [-0.1, -0.05) is 36.2 Å². The van der Waals surface area contributed by atoms with Crippen molar-refractivity contribution in [2.24, 2.45) is 10.4 Å². The Morgan fingerprint density at radius 1 is 1.29 bits per heavy atom. The third kappa shape index (κ3) is 4.42. The molecule has 2 N–H and O–H groups in total. The summed E-state index contributed by atoms with van der Waals surface area (Å²) >= 11 is 0. The second-order valence-electron chi connectivity index (χ2n) is 7.15. The maximum absolute atomic E-state index is 10.4. The Bertz CT molecular complexity index is 554. The van der Waals surface area contributed by atoms with E-state index in [0.29, 0.717) is 12.0 Å². The van der Waals surface area contributed by atoms with Gasteiger partial charge in [-0.05, 0) is 44.1 Å². The highest BCUT2D eigenvalue weighted by molar-refractivity contribution is 14.0. The molecule has 1 aliphatic carbocycles. The molecule has 0 bridgehead atoms. The zero-order valence-corrected chi connectivity index (χ0v) is 17.1. The van der Waals surface area contributed by atoms with E-state index >= 15 is 0 Å². The Morgan fingerprint density at radius 2 is 2.00 bits per heavy atom. The van der Waals surface area contributed by atoms with Crippen LogP contribution in [0.2, 0.25) is 0 Å². The largest absolute Gasteiger partial charge is 0.386 e. The molecule has 1 aliphatic heterocycles. The van der Waals surface area contributed by atoms with Gasteiger partial charge in [0.1, 0.15) is 0 Å². The van der Waals surface area contributed by atoms with Gasteiger partial charge in [0.25, 0.3) is 0 Å². The van der Waals surface area contributed by atoms with E-state index in [2.05, 4.69) is 24.1 Å². The Morgan fingerprint density at radius 3 is 2.54 bits per heavy atom. The lowest BCUT2D eigenvalue weighted by molar-refractivity contribution is 0.151. The third-order valence-corrected chi connectivity index (χ3v) is 5.36. The van der Waals surface area contributed by atoms with Gasteiger partial charge in [-0.2, -0.15) is 0 Å². The lowest BCUT2D eigenvalue weighted by Gasteiger charge is -2.38. The number of likely N-dealkylation sites (tertiary alicyclic amines) is 1. The van der Waals surface area contributed by atoms with Gasteiger partial charge >= 0.3 is 0 Å². The SMILES string of the molecule is CCNC(=NCC(O)c1ccc(C)cc1)N1CCC2(CCC2)C1.I. The zero-order chi connectivity index (χ0) is 16.3. The molecule has 1 heterocycles. The summed E-state index contributed by atoms with van der Waals surface area (Å²) < 4.78 is 0. The fraction of sp³-hybridized carbons (Fsp3) is 0.632. The van der Waals surface area contributed by atoms with Gasteiger partial charge in [0.15, 0.2) is 5.96 Å². The second kappa shape index (κ2) is 8.52. The summed E-state index contributed by atoms with van der Waals surface area (Å²) in [7, 11) is 0. The van der Waals surface area contributed by atoms with E-state index in [1.54, 1.807) is 0 Å². The number of rotatable bonds is 4. The predicted molar refractivity (Wildman–Crippen MR) is 110 cm³/mol. The summed E-state index contributed by atoms with van der Waals surface area (Å²) in [6.07, 6.45) is 4.87. The molecule has 0 aromatic heterocycles. The maximum Gasteiger partial charge on any atom is 0.194 e. The van der Waals surface area contributed by atoms with Crippen molar-refractivity contribution in [2.75, 3.05) is 26.2 Å². The molecular formula is C19H30IN3O. The highest BCUT2D eigenvalue weighted by atomic mass is 127. The van der Waals surface area contributed by atoms with Crippen LogP contribution in [-0.4, -0.2) is 42.1 Å². The van der Waals surface area contributed by atoms with Crippen LogP contribution in [-0.2, 0) is 0 Å². The molecule has 1 spiro atoms. The first-order valence-corrected chi connectivity index (χ1v) is 8.90. The molecule has 1 saturated heterocycles. The minimum atomic E-state index is -0.537. The van der Waals surface area contributed by atoms with Crippen molar-refractivity contribution in [2.45, 2.75) is 45.6 Å². The molecule has 5 heteroatoms. The lowest BCUT2D eigenvalue weighted by Crippen LogP contribution is -2.42. The van der Waals surface area contributed by atoms with Crippen LogP contribution in [0.1, 0.15) is 49.8 Å². The van der Waals surface area contributed by atoms with Gasteiger partial charge in [0.05, 0.1) is 12.6 Å². The molecule has 1 aromatic rings. The highest BCUT2D eigenvalue weighted by Crippen LogP contribution is 2.47. The van der Waals surface area contributed by atoms with Crippen LogP contribution in [0.3, 0.4) is 0 Å². The summed E-state index contributed by atoms with van der Waals surface area (Å²) in [6.45, 7) is 7.64. The number of hydrogen-bond acceptors (Lipinski definition) is 2. The van der Waals surface area contributed by atoms with Crippen molar-refractivity contribution in [1.82, 2.24) is 10.2 Å². The van der Waals surface area contributed by atoms with Crippen LogP contribution in [0.4, 0.5) is 0 Å². The van der Waals surface area contributed by atoms with E-state index in [4.69, 9.17) is 4.99 Å². The Balaban J connectivity index is 0.00000208. The summed E-state index contributed by atoms with van der Waals surface area (Å²) in [6, 6.07) is 8.05. The molecule has 2 fully saturated rings. The zero-order valence-electron chi connectivity index (χ0n) is 14.8. The summed E-state index contributed by atoms with van der Waals surface area (Å²) in [5, 5.41) is 13.8. The van der Waals surface area contributed by atoms with E-state index in [-0.39, 0.29) is 24.0 Å². The number of nitrogens with zero attached hydrogens (tertiary/aromatic N) is 2. The van der Waals surface area contributed by atoms with Gasteiger partial charge in [-0.15, -0.1) is 24.0 Å². The number of halogens is 1. The lowest BCUT2D eigenvalue weighted by atomic mass is 9.68. The number of aryl methyl sites for hydroxylation is 1. The van der Waals surface area contributed by atoms with Crippen LogP contribution in [0.25, 0.3) is 0 Å². The number of aliphatic hydroxyl groups is 1. The summed E-state index contributed by atoms with van der Waals surface area (Å²) in [5.74, 6) is 0.961. The normalized spacial score (nSPS) is 20.5. The molecule has 1 saturated carbocycles. The van der Waals surface area contributed by atoms with E-state index in [9.17, 15) is 5.11 Å². The first-order chi connectivity index (χ1) is 11.1. The third-order valence-electron chi connectivity index (χ3n) is 5.36. The first-order valence-electron chi connectivity index (χ1n) is 8.90. The molecule has 0 amide bonds. The minimum Gasteiger partial charge on any atom is -0.386 e. The molecule has 0 radical (unpaired) electrons. The number of nitrogens with one attached hydrogen (secondary N) is 1. The van der Waals surface area contributed by atoms with Gasteiger partial charge in [0.2, 0.25) is 0 Å². The fourth-order valence-electron chi connectivity index (χ4n) is 3.69. The molecule has 4 nitrogen and oxygen atoms in total. The van der Waals surface area contributed by atoms with Crippen LogP contribution in [0.5, 0.6) is 0 Å². The maximum atomic E-state index is 10.4. The van der Waals surface area contributed by atoms with Crippen molar-refractivity contribution >= 4 is 29.9 Å². The number of hydrogen-bond donors (Lipinski definition) is 2. The smallest absolute Gasteiger partial charge is 0.194 e. The number of aliphatic hydroxyl groups excluding tert-OH is 1. The van der Waals surface area contributed by atoms with Gasteiger partial charge in [-0.3, -0.25) is 4.99 Å². The van der Waals surface area contributed by atoms with E-state index < -0.39 is 6.10 Å². The molecule has 134 valence electrons. The quantitative estimate of drug-likeness (QED) is 0.426. The van der Waals surface area contributed by atoms with Gasteiger partial charge < -0.3 is 15.3 Å². The van der Waals surface area contributed by atoms with Crippen LogP contribution < -0.4 is 5.32 Å². The van der Waals surface area contributed by atoms with E-state index in [1.807, 2.05) is 24.3 Å². The van der Waals surface area contributed by atoms with Crippen molar-refractivity contribution in [3.8, 4) is 0 Å². The Kier molecular flexibility index (Phi) is 6.92. The summed E-state index contributed by atoms with van der Waals surface area (Å²) in [4.78, 5) is 7.08. The fourth-order valence-corrected chi connectivity index (χ4v) is 3.69. The number of aliphatic imine (C=N–C) groups is 1. The molecule has 1 atom stereocenters. The van der Waals surface area contributed by atoms with Crippen molar-refractivity contribution < 1.29 is 5.11 Å². The van der Waals surface area contributed by atoms with Crippen LogP contribution >= 0.6 is 24.0 Å². The molecule has 1 aromatic carbocycles. The summed E-state index contributed by atoms with van der Waals surface area (Å²) in [5.41, 5.74) is 2.71. The van der Waals surface area contributed by atoms with Crippen LogP contribution in [0.15, 0.2) is 29.3 Å². The topological polar surface area (TPSA) is 47.9 Å². The van der Waals surface area contributed by atoms with Gasteiger partial charge in [0, 0.05) is 19.6 Å². The number of guanidine groups is 1. The molecule has 1 unspecified atom stereocenters. The van der Waals surface area contributed by atoms with Crippen molar-refractivity contribution in [3.05, 3.63) is 35.4 Å². The molecular weight excluding hydrogens is 413 g/mol. The number of benzene rings is 1. The molecule has 24 heavy (non-hydrogen) atoms. The minimum absolute atomic E-state index is 0. The first kappa shape index (κ1) is 19.5. The average molecular weight is 443 g/mol. The predicted octanol–water partition coefficient (Wildman–Crippen LogP) is 3.49. The Hall–Kier alpha value is -0.820. The Labute approximate surface area is 162 Å². The van der Waals surface area contributed by atoms with Crippen molar-refractivity contribution in [1.29, 1.82) is 0 Å². The second-order valence-corrected chi connectivity index (χ2v) is 7.15. The van der Waals surface area contributed by atoms with E-state index in [1.165, 1.54) is 31.2 Å². The molecule has 2 aliphatic rings. The monoisotopic (exact) mass is 443 g/mol. The van der Waals surface area contributed by atoms with Crippen molar-refractivity contribution in [3.63, 3.8) is 0 Å². The standard InChI is InChI=1S/C19H29N3O.HI/c1-3-20-18(22-12-11-19(14-22)9-4-10-19)21-13-17(23)16-7-5-15(2)6-8-16;/h5-8,17,23H,3-4,9-14H2,1-2H3,(H,20,21);1H. The molecule has 3 rings (SSSR count). The highest BCUT2D eigenvalue weighted by Gasteiger charge is 2.43. The van der Waals surface area contributed by atoms with Gasteiger partial charge in [-0.25, -0.2) is 0 Å². The van der Waals surface area contributed by atoms with Crippen LogP contribution in [0, 0.1) is 12.3 Å². The van der Waals surface area contributed by atoms with E-state index in [0.717, 1.165) is 31.2 Å². The average Bonchev–Trinajstić information content (AvgIpc) is 2.97.